The Labute approximate surface area is 210 Å². The second-order valence-corrected chi connectivity index (χ2v) is 9.03. The summed E-state index contributed by atoms with van der Waals surface area (Å²) in [4.78, 5) is 22.2. The van der Waals surface area contributed by atoms with Crippen LogP contribution in [0.1, 0.15) is 16.2 Å². The van der Waals surface area contributed by atoms with Crippen molar-refractivity contribution in [1.82, 2.24) is 14.5 Å². The lowest BCUT2D eigenvalue weighted by molar-refractivity contribution is 0.102. The molecule has 0 unspecified atom stereocenters. The van der Waals surface area contributed by atoms with Gasteiger partial charge in [0.05, 0.1) is 18.1 Å². The highest BCUT2D eigenvalue weighted by Gasteiger charge is 2.18. The van der Waals surface area contributed by atoms with Gasteiger partial charge in [0.2, 0.25) is 0 Å². The van der Waals surface area contributed by atoms with Crippen molar-refractivity contribution in [3.8, 4) is 5.75 Å². The van der Waals surface area contributed by atoms with Crippen molar-refractivity contribution in [2.45, 2.75) is 6.42 Å². The Morgan fingerprint density at radius 1 is 1.00 bits per heavy atom. The van der Waals surface area contributed by atoms with Crippen molar-refractivity contribution >= 4 is 28.3 Å². The number of rotatable bonds is 7. The average molecular weight is 488 g/mol. The number of aryl methyl sites for hydroxylation is 1. The molecule has 3 aromatic carbocycles. The van der Waals surface area contributed by atoms with E-state index in [2.05, 4.69) is 19.7 Å². The largest absolute Gasteiger partial charge is 0.497 e. The summed E-state index contributed by atoms with van der Waals surface area (Å²) in [5, 5.41) is 2.96. The summed E-state index contributed by atoms with van der Waals surface area (Å²) < 4.78 is 20.5. The molecule has 0 radical (unpaired) electrons. The summed E-state index contributed by atoms with van der Waals surface area (Å²) in [7, 11) is 3.63. The minimum atomic E-state index is -0.202. The quantitative estimate of drug-likeness (QED) is 0.420. The molecule has 0 spiro atoms. The lowest BCUT2D eigenvalue weighted by atomic mass is 10.2. The molecule has 8 heteroatoms. The molecule has 36 heavy (non-hydrogen) atoms. The molecule has 1 aromatic heterocycles. The molecule has 0 saturated carbocycles. The van der Waals surface area contributed by atoms with Crippen LogP contribution < -0.4 is 15.0 Å². The smallest absolute Gasteiger partial charge is 0.255 e. The third-order valence-electron chi connectivity index (χ3n) is 6.80. The molecular weight excluding hydrogens is 457 g/mol. The predicted octanol–water partition coefficient (Wildman–Crippen LogP) is 4.34. The summed E-state index contributed by atoms with van der Waals surface area (Å²) in [5.41, 5.74) is 4.25. The van der Waals surface area contributed by atoms with Crippen LogP contribution in [0.4, 0.5) is 15.8 Å². The number of hydrogen-bond acceptors (Lipinski definition) is 5. The van der Waals surface area contributed by atoms with E-state index in [4.69, 9.17) is 9.72 Å². The Morgan fingerprint density at radius 2 is 1.72 bits per heavy atom. The van der Waals surface area contributed by atoms with Gasteiger partial charge < -0.3 is 19.5 Å². The maximum Gasteiger partial charge on any atom is 0.255 e. The molecule has 1 amide bonds. The lowest BCUT2D eigenvalue weighted by Gasteiger charge is -2.36. The van der Waals surface area contributed by atoms with Gasteiger partial charge >= 0.3 is 0 Å². The van der Waals surface area contributed by atoms with Gasteiger partial charge in [0.15, 0.2) is 0 Å². The maximum absolute atomic E-state index is 13.2. The van der Waals surface area contributed by atoms with Crippen LogP contribution in [0.25, 0.3) is 11.0 Å². The molecule has 2 heterocycles. The van der Waals surface area contributed by atoms with E-state index in [1.807, 2.05) is 37.4 Å². The van der Waals surface area contributed by atoms with Gasteiger partial charge in [0.25, 0.3) is 5.91 Å². The second kappa shape index (κ2) is 10.4. The Bertz CT molecular complexity index is 1340. The number of aromatic nitrogens is 2. The molecule has 5 rings (SSSR count). The number of carbonyl (C=O) groups excluding carboxylic acids is 1. The molecule has 4 aromatic rings. The number of amides is 1. The Kier molecular flexibility index (Phi) is 6.86. The first-order chi connectivity index (χ1) is 17.5. The number of carbonyl (C=O) groups is 1. The van der Waals surface area contributed by atoms with Crippen molar-refractivity contribution in [2.24, 2.45) is 7.05 Å². The number of benzene rings is 3. The minimum Gasteiger partial charge on any atom is -0.497 e. The molecule has 186 valence electrons. The molecule has 0 bridgehead atoms. The summed E-state index contributed by atoms with van der Waals surface area (Å²) in [6.07, 6.45) is 0.843. The normalized spacial score (nSPS) is 14.2. The fraction of sp³-hybridized carbons (Fsp3) is 0.286. The highest BCUT2D eigenvalue weighted by Crippen LogP contribution is 2.22. The van der Waals surface area contributed by atoms with E-state index in [1.165, 1.54) is 12.1 Å². The van der Waals surface area contributed by atoms with Gasteiger partial charge in [-0.3, -0.25) is 9.69 Å². The van der Waals surface area contributed by atoms with E-state index in [1.54, 1.807) is 31.4 Å². The fourth-order valence-corrected chi connectivity index (χ4v) is 4.64. The molecule has 7 nitrogen and oxygen atoms in total. The van der Waals surface area contributed by atoms with Crippen LogP contribution >= 0.6 is 0 Å². The number of piperazine rings is 1. The number of nitrogens with one attached hydrogen (secondary N) is 1. The standard InChI is InChI=1S/C28H30FN5O2/c1-32-26-12-7-22(30-28(35)20-3-10-24(36-2)11-4-20)19-25(26)31-27(32)13-14-33-15-17-34(18-16-33)23-8-5-21(29)6-9-23/h3-12,19H,13-18H2,1-2H3,(H,30,35). The Morgan fingerprint density at radius 3 is 2.42 bits per heavy atom. The van der Waals surface area contributed by atoms with Crippen LogP contribution in [-0.4, -0.2) is 60.2 Å². The van der Waals surface area contributed by atoms with Crippen molar-refractivity contribution in [3.05, 3.63) is 83.9 Å². The Balaban J connectivity index is 1.19. The summed E-state index contributed by atoms with van der Waals surface area (Å²) in [5.74, 6) is 1.35. The number of ether oxygens (including phenoxy) is 1. The third-order valence-corrected chi connectivity index (χ3v) is 6.80. The van der Waals surface area contributed by atoms with Gasteiger partial charge in [-0.15, -0.1) is 0 Å². The third kappa shape index (κ3) is 5.18. The van der Waals surface area contributed by atoms with E-state index in [0.29, 0.717) is 17.0 Å². The van der Waals surface area contributed by atoms with Crippen LogP contribution in [0, 0.1) is 5.82 Å². The van der Waals surface area contributed by atoms with Gasteiger partial charge in [-0.05, 0) is 66.7 Å². The maximum atomic E-state index is 13.2. The molecule has 1 N–H and O–H groups in total. The molecule has 1 aliphatic rings. The lowest BCUT2D eigenvalue weighted by Crippen LogP contribution is -2.47. The van der Waals surface area contributed by atoms with Crippen LogP contribution in [0.5, 0.6) is 5.75 Å². The molecule has 1 fully saturated rings. The van der Waals surface area contributed by atoms with Crippen LogP contribution in [0.2, 0.25) is 0 Å². The molecular formula is C28H30FN5O2. The monoisotopic (exact) mass is 487 g/mol. The number of hydrogen-bond donors (Lipinski definition) is 1. The van der Waals surface area contributed by atoms with Gasteiger partial charge in [0, 0.05) is 63.1 Å². The fourth-order valence-electron chi connectivity index (χ4n) is 4.64. The highest BCUT2D eigenvalue weighted by molar-refractivity contribution is 6.05. The number of methoxy groups -OCH3 is 1. The topological polar surface area (TPSA) is 62.6 Å². The van der Waals surface area contributed by atoms with Crippen molar-refractivity contribution in [1.29, 1.82) is 0 Å². The molecule has 1 aliphatic heterocycles. The molecule has 1 saturated heterocycles. The first-order valence-electron chi connectivity index (χ1n) is 12.1. The number of anilines is 2. The van der Waals surface area contributed by atoms with Gasteiger partial charge in [-0.25, -0.2) is 9.37 Å². The number of imidazole rings is 1. The zero-order valence-corrected chi connectivity index (χ0v) is 20.6. The average Bonchev–Trinajstić information content (AvgIpc) is 3.22. The first-order valence-corrected chi connectivity index (χ1v) is 12.1. The molecule has 0 aliphatic carbocycles. The van der Waals surface area contributed by atoms with E-state index >= 15 is 0 Å². The number of fused-ring (bicyclic) bond motifs is 1. The van der Waals surface area contributed by atoms with Crippen molar-refractivity contribution < 1.29 is 13.9 Å². The number of nitrogens with zero attached hydrogens (tertiary/aromatic N) is 4. The highest BCUT2D eigenvalue weighted by atomic mass is 19.1. The second-order valence-electron chi connectivity index (χ2n) is 9.03. The first kappa shape index (κ1) is 23.8. The minimum absolute atomic E-state index is 0.173. The van der Waals surface area contributed by atoms with E-state index < -0.39 is 0 Å². The Hall–Kier alpha value is -3.91. The van der Waals surface area contributed by atoms with Crippen molar-refractivity contribution in [2.75, 3.05) is 50.1 Å². The van der Waals surface area contributed by atoms with E-state index in [9.17, 15) is 9.18 Å². The van der Waals surface area contributed by atoms with Crippen LogP contribution in [0.3, 0.4) is 0 Å². The predicted molar refractivity (Wildman–Crippen MR) is 140 cm³/mol. The van der Waals surface area contributed by atoms with Crippen LogP contribution in [0.15, 0.2) is 66.7 Å². The summed E-state index contributed by atoms with van der Waals surface area (Å²) in [6.45, 7) is 4.69. The van der Waals surface area contributed by atoms with Crippen molar-refractivity contribution in [3.63, 3.8) is 0 Å². The van der Waals surface area contributed by atoms with Gasteiger partial charge in [-0.2, -0.15) is 0 Å². The zero-order valence-electron chi connectivity index (χ0n) is 20.6. The SMILES string of the molecule is COc1ccc(C(=O)Nc2ccc3c(c2)nc(CCN2CCN(c4ccc(F)cc4)CC2)n3C)cc1. The van der Waals surface area contributed by atoms with Crippen LogP contribution in [-0.2, 0) is 13.5 Å². The zero-order chi connectivity index (χ0) is 25.1. The molecule has 0 atom stereocenters. The number of halogens is 1. The summed E-state index contributed by atoms with van der Waals surface area (Å²) in [6, 6.07) is 19.6. The van der Waals surface area contributed by atoms with E-state index in [-0.39, 0.29) is 11.7 Å². The summed E-state index contributed by atoms with van der Waals surface area (Å²) >= 11 is 0. The van der Waals surface area contributed by atoms with Gasteiger partial charge in [-0.1, -0.05) is 0 Å². The van der Waals surface area contributed by atoms with Gasteiger partial charge in [0.1, 0.15) is 17.4 Å². The van der Waals surface area contributed by atoms with E-state index in [0.717, 1.165) is 61.7 Å².